The zero-order valence-electron chi connectivity index (χ0n) is 11.2. The van der Waals surface area contributed by atoms with Gasteiger partial charge in [0.2, 0.25) is 0 Å². The smallest absolute Gasteiger partial charge is 0.314 e. The number of hydrogen-bond acceptors (Lipinski definition) is 6. The van der Waals surface area contributed by atoms with E-state index < -0.39 is 29.3 Å². The molecular weight excluding hydrogens is 288 g/mol. The number of ether oxygens (including phenoxy) is 1. The summed E-state index contributed by atoms with van der Waals surface area (Å²) >= 11 is 0. The van der Waals surface area contributed by atoms with Crippen molar-refractivity contribution in [3.8, 4) is 0 Å². The Balaban J connectivity index is 2.14. The van der Waals surface area contributed by atoms with E-state index in [0.717, 1.165) is 13.3 Å². The zero-order valence-corrected chi connectivity index (χ0v) is 11.2. The molecule has 0 radical (unpaired) electrons. The number of carbonyl (C=O) groups excluding carboxylic acids is 1. The fourth-order valence-corrected chi connectivity index (χ4v) is 2.24. The summed E-state index contributed by atoms with van der Waals surface area (Å²) in [7, 11) is 1.07. The maximum atomic E-state index is 14.0. The lowest BCUT2D eigenvalue weighted by Gasteiger charge is -2.37. The van der Waals surface area contributed by atoms with Crippen LogP contribution in [0.25, 0.3) is 0 Å². The first-order valence-electron chi connectivity index (χ1n) is 6.16. The van der Waals surface area contributed by atoms with Gasteiger partial charge < -0.3 is 9.64 Å². The van der Waals surface area contributed by atoms with Crippen molar-refractivity contribution < 1.29 is 23.2 Å². The Morgan fingerprint density at radius 1 is 1.57 bits per heavy atom. The van der Waals surface area contributed by atoms with Gasteiger partial charge in [-0.1, -0.05) is 0 Å². The quantitative estimate of drug-likeness (QED) is 0.479. The van der Waals surface area contributed by atoms with Crippen LogP contribution in [0.2, 0.25) is 0 Å². The maximum absolute atomic E-state index is 14.0. The van der Waals surface area contributed by atoms with Crippen LogP contribution in [-0.4, -0.2) is 42.0 Å². The number of rotatable bonds is 3. The highest BCUT2D eigenvalue weighted by atomic mass is 19.3. The van der Waals surface area contributed by atoms with E-state index in [4.69, 9.17) is 0 Å². The van der Waals surface area contributed by atoms with Crippen molar-refractivity contribution in [2.45, 2.75) is 12.3 Å². The molecule has 0 bridgehead atoms. The van der Waals surface area contributed by atoms with Gasteiger partial charge in [0.05, 0.1) is 18.6 Å². The number of nitro groups is 1. The van der Waals surface area contributed by atoms with Crippen LogP contribution in [-0.2, 0) is 9.53 Å². The van der Waals surface area contributed by atoms with Crippen molar-refractivity contribution in [3.63, 3.8) is 0 Å². The highest BCUT2D eigenvalue weighted by molar-refractivity contribution is 5.74. The summed E-state index contributed by atoms with van der Waals surface area (Å²) in [6.07, 6.45) is 0.943. The second kappa shape index (κ2) is 5.58. The molecule has 0 amide bonds. The van der Waals surface area contributed by atoms with Gasteiger partial charge in [-0.15, -0.1) is 0 Å². The largest absolute Gasteiger partial charge is 0.469 e. The van der Waals surface area contributed by atoms with Gasteiger partial charge in [-0.2, -0.15) is 0 Å². The number of nitrogens with zero attached hydrogens (tertiary/aromatic N) is 3. The van der Waals surface area contributed by atoms with Crippen molar-refractivity contribution in [1.82, 2.24) is 4.98 Å². The molecule has 1 fully saturated rings. The van der Waals surface area contributed by atoms with E-state index >= 15 is 0 Å². The van der Waals surface area contributed by atoms with Crippen LogP contribution >= 0.6 is 0 Å². The average Bonchev–Trinajstić information content (AvgIpc) is 2.45. The Morgan fingerprint density at radius 3 is 2.76 bits per heavy atom. The van der Waals surface area contributed by atoms with Crippen molar-refractivity contribution in [3.05, 3.63) is 28.4 Å². The third-order valence-corrected chi connectivity index (χ3v) is 3.35. The summed E-state index contributed by atoms with van der Waals surface area (Å²) in [6, 6.07) is 2.51. The van der Waals surface area contributed by atoms with Crippen molar-refractivity contribution in [1.29, 1.82) is 0 Å². The van der Waals surface area contributed by atoms with Crippen LogP contribution in [0.3, 0.4) is 0 Å². The Labute approximate surface area is 118 Å². The first-order chi connectivity index (χ1) is 9.85. The summed E-state index contributed by atoms with van der Waals surface area (Å²) in [5, 5.41) is 10.5. The average molecular weight is 301 g/mol. The Morgan fingerprint density at radius 2 is 2.29 bits per heavy atom. The maximum Gasteiger partial charge on any atom is 0.314 e. The number of aromatic nitrogens is 1. The molecule has 2 rings (SSSR count). The standard InChI is InChI=1S/C12H13F2N3O4/c1-21-11(18)9-4-5-16(7-12(9,13)14)10-3-2-8(6-15-10)17(19)20/h2-3,6,9H,4-5,7H2,1H3. The molecule has 0 spiro atoms. The van der Waals surface area contributed by atoms with Gasteiger partial charge in [-0.25, -0.2) is 13.8 Å². The third kappa shape index (κ3) is 3.06. The minimum Gasteiger partial charge on any atom is -0.469 e. The number of alkyl halides is 2. The first-order valence-corrected chi connectivity index (χ1v) is 6.16. The molecule has 1 atom stereocenters. The lowest BCUT2D eigenvalue weighted by atomic mass is 9.93. The van der Waals surface area contributed by atoms with Gasteiger partial charge in [0.25, 0.3) is 11.6 Å². The van der Waals surface area contributed by atoms with E-state index in [-0.39, 0.29) is 24.5 Å². The highest BCUT2D eigenvalue weighted by Crippen LogP contribution is 2.35. The van der Waals surface area contributed by atoms with Gasteiger partial charge in [0, 0.05) is 12.6 Å². The molecule has 2 heterocycles. The monoisotopic (exact) mass is 301 g/mol. The number of pyridine rings is 1. The molecular formula is C12H13F2N3O4. The predicted octanol–water partition coefficient (Wildman–Crippen LogP) is 1.62. The molecule has 9 heteroatoms. The lowest BCUT2D eigenvalue weighted by Crippen LogP contribution is -2.51. The van der Waals surface area contributed by atoms with Gasteiger partial charge in [0.15, 0.2) is 0 Å². The molecule has 114 valence electrons. The molecule has 1 aromatic rings. The number of carbonyl (C=O) groups is 1. The molecule has 0 N–H and O–H groups in total. The van der Waals surface area contributed by atoms with Crippen LogP contribution < -0.4 is 4.90 Å². The Hall–Kier alpha value is -2.32. The minimum atomic E-state index is -3.24. The van der Waals surface area contributed by atoms with E-state index in [1.165, 1.54) is 17.0 Å². The van der Waals surface area contributed by atoms with Crippen LogP contribution in [0, 0.1) is 16.0 Å². The number of piperidine rings is 1. The second-order valence-corrected chi connectivity index (χ2v) is 4.68. The Bertz CT molecular complexity index is 550. The van der Waals surface area contributed by atoms with Crippen molar-refractivity contribution in [2.75, 3.05) is 25.1 Å². The van der Waals surface area contributed by atoms with Crippen molar-refractivity contribution >= 4 is 17.5 Å². The normalized spacial score (nSPS) is 20.9. The van der Waals surface area contributed by atoms with Crippen LogP contribution in [0.5, 0.6) is 0 Å². The summed E-state index contributed by atoms with van der Waals surface area (Å²) in [5.74, 6) is -5.44. The lowest BCUT2D eigenvalue weighted by molar-refractivity contribution is -0.385. The number of esters is 1. The van der Waals surface area contributed by atoms with E-state index in [1.807, 2.05) is 0 Å². The van der Waals surface area contributed by atoms with Gasteiger partial charge in [-0.3, -0.25) is 14.9 Å². The van der Waals surface area contributed by atoms with E-state index in [1.54, 1.807) is 0 Å². The fraction of sp³-hybridized carbons (Fsp3) is 0.500. The molecule has 1 saturated heterocycles. The minimum absolute atomic E-state index is 0.0711. The molecule has 1 aliphatic heterocycles. The molecule has 0 saturated carbocycles. The van der Waals surface area contributed by atoms with Gasteiger partial charge >= 0.3 is 5.97 Å². The molecule has 21 heavy (non-hydrogen) atoms. The number of hydrogen-bond donors (Lipinski definition) is 0. The fourth-order valence-electron chi connectivity index (χ4n) is 2.24. The SMILES string of the molecule is COC(=O)C1CCN(c2ccc([N+](=O)[O-])cn2)CC1(F)F. The molecule has 1 aliphatic rings. The summed E-state index contributed by atoms with van der Waals surface area (Å²) in [6.45, 7) is -0.488. The van der Waals surface area contributed by atoms with Crippen LogP contribution in [0.4, 0.5) is 20.3 Å². The Kier molecular flexibility index (Phi) is 4.01. The first kappa shape index (κ1) is 15.1. The molecule has 7 nitrogen and oxygen atoms in total. The predicted molar refractivity (Wildman–Crippen MR) is 68.2 cm³/mol. The second-order valence-electron chi connectivity index (χ2n) is 4.68. The topological polar surface area (TPSA) is 85.6 Å². The van der Waals surface area contributed by atoms with Crippen LogP contribution in [0.15, 0.2) is 18.3 Å². The van der Waals surface area contributed by atoms with Crippen molar-refractivity contribution in [2.24, 2.45) is 5.92 Å². The number of anilines is 1. The van der Waals surface area contributed by atoms with Crippen LogP contribution in [0.1, 0.15) is 6.42 Å². The van der Waals surface area contributed by atoms with Gasteiger partial charge in [-0.05, 0) is 12.5 Å². The van der Waals surface area contributed by atoms with Gasteiger partial charge in [0.1, 0.15) is 17.9 Å². The van der Waals surface area contributed by atoms with E-state index in [2.05, 4.69) is 9.72 Å². The number of methoxy groups -OCH3 is 1. The zero-order chi connectivity index (χ0) is 15.6. The molecule has 0 aromatic carbocycles. The summed E-state index contributed by atoms with van der Waals surface area (Å²) in [4.78, 5) is 26.3. The highest BCUT2D eigenvalue weighted by Gasteiger charge is 2.49. The summed E-state index contributed by atoms with van der Waals surface area (Å²) in [5.41, 5.74) is -0.213. The molecule has 1 aromatic heterocycles. The summed E-state index contributed by atoms with van der Waals surface area (Å²) < 4.78 is 32.3. The number of halogens is 2. The third-order valence-electron chi connectivity index (χ3n) is 3.35. The molecule has 1 unspecified atom stereocenters. The van der Waals surface area contributed by atoms with E-state index in [0.29, 0.717) is 0 Å². The van der Waals surface area contributed by atoms with E-state index in [9.17, 15) is 23.7 Å². The molecule has 0 aliphatic carbocycles.